The van der Waals surface area contributed by atoms with Crippen molar-refractivity contribution >= 4 is 33.4 Å². The van der Waals surface area contributed by atoms with Crippen LogP contribution in [0, 0.1) is 10.1 Å². The van der Waals surface area contributed by atoms with Crippen molar-refractivity contribution in [2.24, 2.45) is 5.73 Å². The fraction of sp³-hybridized carbons (Fsp3) is 0.500. The van der Waals surface area contributed by atoms with Crippen LogP contribution in [0.2, 0.25) is 0 Å². The molecule has 0 aliphatic carbocycles. The van der Waals surface area contributed by atoms with Gasteiger partial charge >= 0.3 is 9.81 Å². The number of amides is 1. The van der Waals surface area contributed by atoms with Gasteiger partial charge in [0.25, 0.3) is 0 Å². The van der Waals surface area contributed by atoms with Crippen LogP contribution in [0.4, 0.5) is 0 Å². The summed E-state index contributed by atoms with van der Waals surface area (Å²) in [4.78, 5) is 18.8. The van der Waals surface area contributed by atoms with Crippen LogP contribution in [0.15, 0.2) is 0 Å². The molecule has 1 amide bonds. The third-order valence-corrected chi connectivity index (χ3v) is 1.53. The first-order valence-corrected chi connectivity index (χ1v) is 2.88. The molecule has 0 saturated carbocycles. The van der Waals surface area contributed by atoms with E-state index < -0.39 is 14.7 Å². The fourth-order valence-corrected chi connectivity index (χ4v) is 0.0900. The summed E-state index contributed by atoms with van der Waals surface area (Å²) >= 11 is 7.25. The Bertz CT molecular complexity index is 142. The molecule has 0 rings (SSSR count). The molecular weight excluding hydrogens is 215 g/mol. The van der Waals surface area contributed by atoms with E-state index in [1.807, 2.05) is 0 Å². The Morgan fingerprint density at radius 3 is 2.22 bits per heavy atom. The summed E-state index contributed by atoms with van der Waals surface area (Å²) in [5, 5.41) is 9.79. The maximum Gasteiger partial charge on any atom is 0.425 e. The van der Waals surface area contributed by atoms with E-state index >= 15 is 0 Å². The summed E-state index contributed by atoms with van der Waals surface area (Å²) in [6.07, 6.45) is 0. The molecule has 0 aliphatic heterocycles. The molecule has 0 aromatic carbocycles. The zero-order valence-electron chi connectivity index (χ0n) is 4.01. The van der Waals surface area contributed by atoms with Gasteiger partial charge in [-0.3, -0.25) is 14.9 Å². The van der Waals surface area contributed by atoms with Gasteiger partial charge in [0, 0.05) is 15.9 Å². The number of rotatable bonds is 2. The molecule has 7 heteroatoms. The van der Waals surface area contributed by atoms with E-state index in [-0.39, 0.29) is 0 Å². The third kappa shape index (κ3) is 1.79. The summed E-state index contributed by atoms with van der Waals surface area (Å²) in [7, 11) is 0. The maximum absolute atomic E-state index is 10.1. The lowest BCUT2D eigenvalue weighted by atomic mass is 10.6. The average molecular weight is 217 g/mol. The van der Waals surface area contributed by atoms with Crippen molar-refractivity contribution in [3.05, 3.63) is 10.1 Å². The summed E-state index contributed by atoms with van der Waals surface area (Å²) in [6, 6.07) is 0. The molecule has 0 aliphatic rings. The molecular formula is C2H2BrClN2O3. The number of nitrogens with two attached hydrogens (primary N) is 1. The lowest BCUT2D eigenvalue weighted by Gasteiger charge is -2.03. The molecule has 0 spiro atoms. The molecule has 0 aromatic heterocycles. The van der Waals surface area contributed by atoms with Crippen molar-refractivity contribution in [1.82, 2.24) is 0 Å². The minimum Gasteiger partial charge on any atom is -0.361 e. The van der Waals surface area contributed by atoms with Gasteiger partial charge in [-0.1, -0.05) is 0 Å². The topological polar surface area (TPSA) is 86.2 Å². The second kappa shape index (κ2) is 2.49. The van der Waals surface area contributed by atoms with Crippen molar-refractivity contribution in [3.63, 3.8) is 0 Å². The first-order chi connectivity index (χ1) is 3.89. The first kappa shape index (κ1) is 8.64. The SMILES string of the molecule is NC(=O)[C@](Cl)(Br)[N+](=O)[O-]. The third-order valence-electron chi connectivity index (χ3n) is 0.526. The van der Waals surface area contributed by atoms with Crippen LogP contribution in [0.5, 0.6) is 0 Å². The summed E-state index contributed by atoms with van der Waals surface area (Å²) in [6.45, 7) is 0. The molecule has 52 valence electrons. The minimum atomic E-state index is -2.35. The Balaban J connectivity index is 4.38. The Morgan fingerprint density at radius 1 is 1.89 bits per heavy atom. The van der Waals surface area contributed by atoms with Crippen LogP contribution >= 0.6 is 27.5 Å². The van der Waals surface area contributed by atoms with Crippen molar-refractivity contribution in [1.29, 1.82) is 0 Å². The van der Waals surface area contributed by atoms with Crippen LogP contribution in [0.1, 0.15) is 0 Å². The highest BCUT2D eigenvalue weighted by Crippen LogP contribution is 2.22. The second-order valence-electron chi connectivity index (χ2n) is 1.16. The largest absolute Gasteiger partial charge is 0.425 e. The standard InChI is InChI=1S/C2H2BrClN2O3/c3-2(4,1(5)7)6(8)9/h(H2,5,7)/t2-/m1/s1. The van der Waals surface area contributed by atoms with E-state index in [2.05, 4.69) is 21.7 Å². The van der Waals surface area contributed by atoms with Crippen molar-refractivity contribution in [3.8, 4) is 0 Å². The molecule has 0 aromatic rings. The van der Waals surface area contributed by atoms with Crippen molar-refractivity contribution in [2.75, 3.05) is 0 Å². The molecule has 0 fully saturated rings. The average Bonchev–Trinajstić information content (AvgIpc) is 1.65. The Labute approximate surface area is 63.4 Å². The predicted octanol–water partition coefficient (Wildman–Crippen LogP) is 0.0359. The number of carbonyl (C=O) groups excluding carboxylic acids is 1. The monoisotopic (exact) mass is 216 g/mol. The molecule has 0 radical (unpaired) electrons. The van der Waals surface area contributed by atoms with E-state index in [4.69, 9.17) is 11.6 Å². The van der Waals surface area contributed by atoms with Crippen molar-refractivity contribution in [2.45, 2.75) is 3.91 Å². The van der Waals surface area contributed by atoms with Gasteiger partial charge in [-0.05, 0) is 11.6 Å². The summed E-state index contributed by atoms with van der Waals surface area (Å²) < 4.78 is -2.35. The predicted molar refractivity (Wildman–Crippen MR) is 33.7 cm³/mol. The fourth-order valence-electron chi connectivity index (χ4n) is 0.0900. The summed E-state index contributed by atoms with van der Waals surface area (Å²) in [5.41, 5.74) is 4.51. The number of hydrogen-bond donors (Lipinski definition) is 1. The summed E-state index contributed by atoms with van der Waals surface area (Å²) in [5.74, 6) is -1.24. The van der Waals surface area contributed by atoms with E-state index in [1.165, 1.54) is 0 Å². The lowest BCUT2D eigenvalue weighted by Crippen LogP contribution is -2.39. The second-order valence-corrected chi connectivity index (χ2v) is 3.31. The number of nitrogens with zero attached hydrogens (tertiary/aromatic N) is 1. The zero-order chi connectivity index (χ0) is 7.65. The highest BCUT2D eigenvalue weighted by atomic mass is 79.9. The van der Waals surface area contributed by atoms with Gasteiger partial charge < -0.3 is 5.73 Å². The Kier molecular flexibility index (Phi) is 2.39. The van der Waals surface area contributed by atoms with Gasteiger partial charge in [-0.25, -0.2) is 0 Å². The van der Waals surface area contributed by atoms with E-state index in [0.29, 0.717) is 0 Å². The Hall–Kier alpha value is -0.360. The molecule has 0 unspecified atom stereocenters. The molecule has 2 N–H and O–H groups in total. The van der Waals surface area contributed by atoms with E-state index in [0.717, 1.165) is 0 Å². The van der Waals surface area contributed by atoms with Crippen LogP contribution in [-0.2, 0) is 4.79 Å². The maximum atomic E-state index is 10.1. The molecule has 9 heavy (non-hydrogen) atoms. The smallest absolute Gasteiger partial charge is 0.361 e. The quantitative estimate of drug-likeness (QED) is 0.306. The van der Waals surface area contributed by atoms with E-state index in [9.17, 15) is 14.9 Å². The molecule has 0 heterocycles. The van der Waals surface area contributed by atoms with Gasteiger partial charge in [-0.15, -0.1) is 0 Å². The number of primary amides is 1. The van der Waals surface area contributed by atoms with Gasteiger partial charge in [-0.2, -0.15) is 0 Å². The van der Waals surface area contributed by atoms with Crippen LogP contribution in [0.25, 0.3) is 0 Å². The normalized spacial score (nSPS) is 16.2. The number of halogens is 2. The van der Waals surface area contributed by atoms with Crippen LogP contribution in [0.3, 0.4) is 0 Å². The van der Waals surface area contributed by atoms with Gasteiger partial charge in [0.15, 0.2) is 0 Å². The molecule has 0 bridgehead atoms. The number of nitro groups is 1. The number of hydrogen-bond acceptors (Lipinski definition) is 3. The molecule has 1 atom stereocenters. The number of alkyl halides is 2. The zero-order valence-corrected chi connectivity index (χ0v) is 6.35. The number of carbonyl (C=O) groups is 1. The van der Waals surface area contributed by atoms with Gasteiger partial charge in [0.2, 0.25) is 0 Å². The molecule has 5 nitrogen and oxygen atoms in total. The highest BCUT2D eigenvalue weighted by molar-refractivity contribution is 9.10. The van der Waals surface area contributed by atoms with E-state index in [1.54, 1.807) is 0 Å². The highest BCUT2D eigenvalue weighted by Gasteiger charge is 2.44. The van der Waals surface area contributed by atoms with Gasteiger partial charge in [0.05, 0.1) is 4.92 Å². The van der Waals surface area contributed by atoms with Crippen LogP contribution in [-0.4, -0.2) is 14.7 Å². The Morgan fingerprint density at radius 2 is 2.22 bits per heavy atom. The van der Waals surface area contributed by atoms with Crippen molar-refractivity contribution < 1.29 is 9.72 Å². The van der Waals surface area contributed by atoms with Gasteiger partial charge in [0.1, 0.15) is 0 Å². The first-order valence-electron chi connectivity index (χ1n) is 1.71. The minimum absolute atomic E-state index is 1.03. The molecule has 0 saturated heterocycles. The van der Waals surface area contributed by atoms with Crippen LogP contribution < -0.4 is 5.73 Å². The lowest BCUT2D eigenvalue weighted by molar-refractivity contribution is -0.495.